The molecular formula is C6H6INZn-. The second-order valence-electron chi connectivity index (χ2n) is 1.34. The van der Waals surface area contributed by atoms with Crippen molar-refractivity contribution in [3.05, 3.63) is 30.3 Å². The van der Waals surface area contributed by atoms with E-state index in [4.69, 9.17) is 5.73 Å². The third-order valence-corrected chi connectivity index (χ3v) is 0.731. The maximum Gasteiger partial charge on any atom is 0.0320 e. The Balaban J connectivity index is 0. The van der Waals surface area contributed by atoms with Crippen LogP contribution in [0.3, 0.4) is 0 Å². The van der Waals surface area contributed by atoms with Gasteiger partial charge in [0.05, 0.1) is 0 Å². The Morgan fingerprint density at radius 1 is 1.44 bits per heavy atom. The Kier molecular flexibility index (Phi) is 8.72. The number of anilines is 1. The molecule has 0 spiro atoms. The van der Waals surface area contributed by atoms with Crippen molar-refractivity contribution in [3.8, 4) is 0 Å². The van der Waals surface area contributed by atoms with Crippen LogP contribution in [-0.4, -0.2) is 0 Å². The number of benzene rings is 1. The van der Waals surface area contributed by atoms with Crippen molar-refractivity contribution in [1.82, 2.24) is 0 Å². The second kappa shape index (κ2) is 6.49. The fraction of sp³-hybridized carbons (Fsp3) is 0. The van der Waals surface area contributed by atoms with Crippen LogP contribution in [0.15, 0.2) is 24.3 Å². The van der Waals surface area contributed by atoms with Gasteiger partial charge < -0.3 is 29.7 Å². The molecule has 2 N–H and O–H groups in total. The number of hydrogen-bond donors (Lipinski definition) is 1. The largest absolute Gasteiger partial charge is 1.00 e. The van der Waals surface area contributed by atoms with Crippen LogP contribution in [0.5, 0.6) is 0 Å². The summed E-state index contributed by atoms with van der Waals surface area (Å²) in [6.45, 7) is 0. The van der Waals surface area contributed by atoms with Crippen molar-refractivity contribution in [2.45, 2.75) is 0 Å². The van der Waals surface area contributed by atoms with E-state index in [9.17, 15) is 0 Å². The Hall–Kier alpha value is 0.373. The van der Waals surface area contributed by atoms with Crippen LogP contribution in [-0.2, 0) is 19.5 Å². The van der Waals surface area contributed by atoms with Crippen LogP contribution in [0.2, 0.25) is 0 Å². The van der Waals surface area contributed by atoms with Crippen LogP contribution in [0.1, 0.15) is 0 Å². The van der Waals surface area contributed by atoms with Gasteiger partial charge in [-0.05, 0) is 18.2 Å². The topological polar surface area (TPSA) is 26.0 Å². The predicted molar refractivity (Wildman–Crippen MR) is 29.7 cm³/mol. The quantitative estimate of drug-likeness (QED) is 0.335. The maximum atomic E-state index is 5.33. The summed E-state index contributed by atoms with van der Waals surface area (Å²) in [6, 6.07) is 10.1. The van der Waals surface area contributed by atoms with Gasteiger partial charge in [-0.3, -0.25) is 0 Å². The predicted octanol–water partition coefficient (Wildman–Crippen LogP) is -1.93. The van der Waals surface area contributed by atoms with Gasteiger partial charge >= 0.3 is 0 Å². The van der Waals surface area contributed by atoms with Gasteiger partial charge in [0, 0.05) is 25.2 Å². The molecule has 0 unspecified atom stereocenters. The van der Waals surface area contributed by atoms with E-state index in [-0.39, 0.29) is 43.5 Å². The van der Waals surface area contributed by atoms with Crippen LogP contribution >= 0.6 is 0 Å². The van der Waals surface area contributed by atoms with Crippen molar-refractivity contribution >= 4 is 5.69 Å². The summed E-state index contributed by atoms with van der Waals surface area (Å²) < 4.78 is 0. The van der Waals surface area contributed by atoms with Gasteiger partial charge in [-0.25, -0.2) is 0 Å². The third kappa shape index (κ3) is 4.85. The molecule has 1 aromatic rings. The van der Waals surface area contributed by atoms with Crippen LogP contribution in [0.25, 0.3) is 0 Å². The molecule has 0 bridgehead atoms. The number of nitrogens with two attached hydrogens (primary N) is 1. The smallest absolute Gasteiger partial charge is 0.0320 e. The van der Waals surface area contributed by atoms with Gasteiger partial charge in [-0.1, -0.05) is 12.1 Å². The molecule has 3 heteroatoms. The van der Waals surface area contributed by atoms with Crippen molar-refractivity contribution in [3.63, 3.8) is 0 Å². The first-order valence-electron chi connectivity index (χ1n) is 2.11. The summed E-state index contributed by atoms with van der Waals surface area (Å²) in [5, 5.41) is 0. The van der Waals surface area contributed by atoms with Crippen LogP contribution < -0.4 is 29.7 Å². The minimum Gasteiger partial charge on any atom is -1.00 e. The van der Waals surface area contributed by atoms with E-state index in [1.54, 1.807) is 6.07 Å². The molecule has 0 heterocycles. The molecule has 0 aliphatic heterocycles. The van der Waals surface area contributed by atoms with E-state index >= 15 is 0 Å². The first-order chi connectivity index (χ1) is 3.39. The molecule has 0 atom stereocenters. The zero-order chi connectivity index (χ0) is 5.11. The average Bonchev–Trinajstić information content (AvgIpc) is 1.69. The second-order valence-corrected chi connectivity index (χ2v) is 1.34. The fourth-order valence-electron chi connectivity index (χ4n) is 0.407. The first-order valence-corrected chi connectivity index (χ1v) is 2.11. The Morgan fingerprint density at radius 3 is 2.33 bits per heavy atom. The molecule has 45 valence electrons. The molecule has 0 aromatic heterocycles. The summed E-state index contributed by atoms with van der Waals surface area (Å²) in [5.41, 5.74) is 6.09. The van der Waals surface area contributed by atoms with Gasteiger partial charge in [0.25, 0.3) is 0 Å². The maximum absolute atomic E-state index is 5.33. The molecule has 0 aliphatic rings. The van der Waals surface area contributed by atoms with Crippen molar-refractivity contribution in [1.29, 1.82) is 0 Å². The number of rotatable bonds is 0. The van der Waals surface area contributed by atoms with Crippen LogP contribution in [0, 0.1) is 6.07 Å². The van der Waals surface area contributed by atoms with E-state index in [1.165, 1.54) is 0 Å². The summed E-state index contributed by atoms with van der Waals surface area (Å²) in [5.74, 6) is 0. The standard InChI is InChI=1S/C6H6N.HI.Zn/c7-6-4-2-1-3-5-6;;/h1-2,4-5H,7H2;1H;/p-1. The molecule has 0 amide bonds. The van der Waals surface area contributed by atoms with E-state index in [0.29, 0.717) is 0 Å². The third-order valence-electron chi connectivity index (χ3n) is 0.731. The molecule has 0 saturated heterocycles. The average molecular weight is 284 g/mol. The molecule has 0 saturated carbocycles. The monoisotopic (exact) mass is 283 g/mol. The number of nitrogen functional groups attached to an aromatic ring is 1. The van der Waals surface area contributed by atoms with E-state index in [0.717, 1.165) is 5.69 Å². The fourth-order valence-corrected chi connectivity index (χ4v) is 0.407. The SMILES string of the molecule is Nc1c[c]ccc1.[I-].[Zn]. The normalized spacial score (nSPS) is 6.67. The number of hydrogen-bond acceptors (Lipinski definition) is 1. The zero-order valence-electron chi connectivity index (χ0n) is 4.97. The Morgan fingerprint density at radius 2 is 2.11 bits per heavy atom. The van der Waals surface area contributed by atoms with Gasteiger partial charge in [-0.2, -0.15) is 0 Å². The molecule has 1 aromatic carbocycles. The van der Waals surface area contributed by atoms with Gasteiger partial charge in [0.1, 0.15) is 0 Å². The van der Waals surface area contributed by atoms with E-state index < -0.39 is 0 Å². The van der Waals surface area contributed by atoms with Gasteiger partial charge in [-0.15, -0.1) is 0 Å². The van der Waals surface area contributed by atoms with Crippen molar-refractivity contribution < 1.29 is 43.5 Å². The Bertz CT molecular complexity index is 143. The minimum absolute atomic E-state index is 0. The summed E-state index contributed by atoms with van der Waals surface area (Å²) in [4.78, 5) is 0. The molecule has 0 aliphatic carbocycles. The minimum atomic E-state index is 0. The molecular weight excluding hydrogens is 278 g/mol. The summed E-state index contributed by atoms with van der Waals surface area (Å²) >= 11 is 0. The van der Waals surface area contributed by atoms with Crippen molar-refractivity contribution in [2.75, 3.05) is 5.73 Å². The summed E-state index contributed by atoms with van der Waals surface area (Å²) in [6.07, 6.45) is 0. The van der Waals surface area contributed by atoms with Crippen molar-refractivity contribution in [2.24, 2.45) is 0 Å². The zero-order valence-corrected chi connectivity index (χ0v) is 10.1. The van der Waals surface area contributed by atoms with Crippen LogP contribution in [0.4, 0.5) is 5.69 Å². The molecule has 1 radical (unpaired) electrons. The van der Waals surface area contributed by atoms with E-state index in [2.05, 4.69) is 6.07 Å². The van der Waals surface area contributed by atoms with Gasteiger partial charge in [0.2, 0.25) is 0 Å². The molecule has 1 rings (SSSR count). The molecule has 1 nitrogen and oxygen atoms in total. The van der Waals surface area contributed by atoms with E-state index in [1.807, 2.05) is 18.2 Å². The molecule has 0 fully saturated rings. The summed E-state index contributed by atoms with van der Waals surface area (Å²) in [7, 11) is 0. The number of halogens is 1. The van der Waals surface area contributed by atoms with Gasteiger partial charge in [0.15, 0.2) is 0 Å². The first kappa shape index (κ1) is 12.1. The Labute approximate surface area is 84.8 Å². The molecule has 9 heavy (non-hydrogen) atoms.